The van der Waals surface area contributed by atoms with Gasteiger partial charge < -0.3 is 19.1 Å². The van der Waals surface area contributed by atoms with Crippen molar-refractivity contribution >= 4 is 11.7 Å². The average molecular weight is 449 g/mol. The van der Waals surface area contributed by atoms with Crippen LogP contribution in [0.2, 0.25) is 0 Å². The first-order valence-electron chi connectivity index (χ1n) is 10.7. The molecule has 2 heterocycles. The summed E-state index contributed by atoms with van der Waals surface area (Å²) in [7, 11) is 1.57. The molecule has 0 amide bonds. The van der Waals surface area contributed by atoms with Gasteiger partial charge in [-0.3, -0.25) is 4.79 Å². The standard InChI is InChI=1S/C23H29F2N3O4/c1-15-12-21(32-11-10-30-3)27-23(26-15)18-13-19(24)22(20(25)14-18)28-7-4-17(5-8-28)6-9-31-16(2)29/h12-14,17H,4-11H2,1-3H3. The fourth-order valence-corrected chi connectivity index (χ4v) is 3.78. The summed E-state index contributed by atoms with van der Waals surface area (Å²) in [4.78, 5) is 21.2. The van der Waals surface area contributed by atoms with Crippen LogP contribution < -0.4 is 9.64 Å². The van der Waals surface area contributed by atoms with E-state index in [0.717, 1.165) is 19.3 Å². The van der Waals surface area contributed by atoms with Crippen LogP contribution in [0.25, 0.3) is 11.4 Å². The first-order valence-corrected chi connectivity index (χ1v) is 10.7. The second-order valence-electron chi connectivity index (χ2n) is 7.86. The molecule has 0 aliphatic carbocycles. The van der Waals surface area contributed by atoms with Crippen molar-refractivity contribution in [3.8, 4) is 17.3 Å². The molecule has 1 aliphatic heterocycles. The number of hydrogen-bond donors (Lipinski definition) is 0. The number of esters is 1. The number of aryl methyl sites for hydroxylation is 1. The highest BCUT2D eigenvalue weighted by atomic mass is 19.1. The number of aromatic nitrogens is 2. The fraction of sp³-hybridized carbons (Fsp3) is 0.522. The molecule has 32 heavy (non-hydrogen) atoms. The van der Waals surface area contributed by atoms with E-state index >= 15 is 0 Å². The van der Waals surface area contributed by atoms with Crippen molar-refractivity contribution in [2.45, 2.75) is 33.1 Å². The van der Waals surface area contributed by atoms with Gasteiger partial charge in [-0.15, -0.1) is 0 Å². The van der Waals surface area contributed by atoms with Gasteiger partial charge in [-0.1, -0.05) is 0 Å². The summed E-state index contributed by atoms with van der Waals surface area (Å²) < 4.78 is 45.4. The number of hydrogen-bond acceptors (Lipinski definition) is 7. The number of rotatable bonds is 9. The molecule has 0 atom stereocenters. The lowest BCUT2D eigenvalue weighted by Crippen LogP contribution is -2.35. The number of ether oxygens (including phenoxy) is 3. The molecule has 0 bridgehead atoms. The van der Waals surface area contributed by atoms with E-state index in [1.54, 1.807) is 25.0 Å². The SMILES string of the molecule is COCCOc1cc(C)nc(-c2cc(F)c(N3CCC(CCOC(C)=O)CC3)c(F)c2)n1. The number of nitrogens with zero attached hydrogens (tertiary/aromatic N) is 3. The number of anilines is 1. The number of carbonyl (C=O) groups is 1. The van der Waals surface area contributed by atoms with Gasteiger partial charge in [0.25, 0.3) is 0 Å². The van der Waals surface area contributed by atoms with Gasteiger partial charge >= 0.3 is 5.97 Å². The number of carbonyl (C=O) groups excluding carboxylic acids is 1. The zero-order valence-electron chi connectivity index (χ0n) is 18.7. The predicted octanol–water partition coefficient (Wildman–Crippen LogP) is 3.93. The Bertz CT molecular complexity index is 910. The Kier molecular flexibility index (Phi) is 8.33. The summed E-state index contributed by atoms with van der Waals surface area (Å²) >= 11 is 0. The van der Waals surface area contributed by atoms with Crippen LogP contribution >= 0.6 is 0 Å². The van der Waals surface area contributed by atoms with Crippen molar-refractivity contribution < 1.29 is 27.8 Å². The Morgan fingerprint density at radius 1 is 1.09 bits per heavy atom. The van der Waals surface area contributed by atoms with Gasteiger partial charge in [0.15, 0.2) is 5.82 Å². The van der Waals surface area contributed by atoms with Crippen molar-refractivity contribution in [3.63, 3.8) is 0 Å². The molecule has 0 spiro atoms. The number of halogens is 2. The van der Waals surface area contributed by atoms with E-state index in [9.17, 15) is 13.6 Å². The molecule has 1 aromatic carbocycles. The molecule has 0 N–H and O–H groups in total. The summed E-state index contributed by atoms with van der Waals surface area (Å²) in [5.74, 6) is -0.696. The number of piperidine rings is 1. The topological polar surface area (TPSA) is 73.8 Å². The molecule has 1 fully saturated rings. The highest BCUT2D eigenvalue weighted by Gasteiger charge is 2.25. The van der Waals surface area contributed by atoms with Crippen LogP contribution in [0.3, 0.4) is 0 Å². The summed E-state index contributed by atoms with van der Waals surface area (Å²) in [5.41, 5.74) is 0.847. The van der Waals surface area contributed by atoms with E-state index in [2.05, 4.69) is 9.97 Å². The zero-order valence-corrected chi connectivity index (χ0v) is 18.7. The normalized spacial score (nSPS) is 14.5. The van der Waals surface area contributed by atoms with E-state index in [4.69, 9.17) is 14.2 Å². The molecule has 1 aromatic heterocycles. The minimum atomic E-state index is -0.648. The molecule has 0 radical (unpaired) electrons. The molecule has 9 heteroatoms. The van der Waals surface area contributed by atoms with E-state index < -0.39 is 11.6 Å². The second kappa shape index (κ2) is 11.2. The number of methoxy groups -OCH3 is 1. The van der Waals surface area contributed by atoms with Crippen molar-refractivity contribution in [3.05, 3.63) is 35.5 Å². The molecule has 1 saturated heterocycles. The average Bonchev–Trinajstić information content (AvgIpc) is 2.74. The van der Waals surface area contributed by atoms with Crippen LogP contribution in [0, 0.1) is 24.5 Å². The molecular formula is C23H29F2N3O4. The molecule has 7 nitrogen and oxygen atoms in total. The molecule has 1 aliphatic rings. The van der Waals surface area contributed by atoms with E-state index in [1.165, 1.54) is 19.1 Å². The minimum absolute atomic E-state index is 0.0311. The van der Waals surface area contributed by atoms with Crippen LogP contribution in [0.4, 0.5) is 14.5 Å². The number of benzene rings is 1. The van der Waals surface area contributed by atoms with Gasteiger partial charge in [0, 0.05) is 44.4 Å². The third-order valence-corrected chi connectivity index (χ3v) is 5.41. The third kappa shape index (κ3) is 6.35. The smallest absolute Gasteiger partial charge is 0.302 e. The summed E-state index contributed by atoms with van der Waals surface area (Å²) in [6.45, 7) is 5.31. The van der Waals surface area contributed by atoms with Gasteiger partial charge in [0.2, 0.25) is 5.88 Å². The largest absolute Gasteiger partial charge is 0.475 e. The van der Waals surface area contributed by atoms with E-state index in [1.807, 2.05) is 0 Å². The van der Waals surface area contributed by atoms with E-state index in [0.29, 0.717) is 50.4 Å². The minimum Gasteiger partial charge on any atom is -0.475 e. The third-order valence-electron chi connectivity index (χ3n) is 5.41. The second-order valence-corrected chi connectivity index (χ2v) is 7.86. The van der Waals surface area contributed by atoms with Crippen LogP contribution in [0.15, 0.2) is 18.2 Å². The van der Waals surface area contributed by atoms with Crippen LogP contribution in [-0.2, 0) is 14.3 Å². The maximum atomic E-state index is 15.0. The molecule has 3 rings (SSSR count). The molecular weight excluding hydrogens is 420 g/mol. The van der Waals surface area contributed by atoms with Crippen LogP contribution in [0.1, 0.15) is 31.9 Å². The van der Waals surface area contributed by atoms with Gasteiger partial charge in [-0.05, 0) is 44.2 Å². The lowest BCUT2D eigenvalue weighted by atomic mass is 9.93. The molecule has 0 saturated carbocycles. The highest BCUT2D eigenvalue weighted by Crippen LogP contribution is 2.32. The lowest BCUT2D eigenvalue weighted by Gasteiger charge is -2.34. The maximum absolute atomic E-state index is 15.0. The zero-order chi connectivity index (χ0) is 23.1. The summed E-state index contributed by atoms with van der Waals surface area (Å²) in [6, 6.07) is 4.18. The summed E-state index contributed by atoms with van der Waals surface area (Å²) in [6.07, 6.45) is 2.33. The first-order chi connectivity index (χ1) is 15.4. The van der Waals surface area contributed by atoms with Crippen molar-refractivity contribution in [2.24, 2.45) is 5.92 Å². The molecule has 174 valence electrons. The Morgan fingerprint density at radius 3 is 2.41 bits per heavy atom. The van der Waals surface area contributed by atoms with Crippen LogP contribution in [-0.4, -0.2) is 56.0 Å². The lowest BCUT2D eigenvalue weighted by molar-refractivity contribution is -0.141. The summed E-state index contributed by atoms with van der Waals surface area (Å²) in [5, 5.41) is 0. The van der Waals surface area contributed by atoms with Crippen LogP contribution in [0.5, 0.6) is 5.88 Å². The predicted molar refractivity (Wildman–Crippen MR) is 116 cm³/mol. The van der Waals surface area contributed by atoms with Gasteiger partial charge in [-0.25, -0.2) is 13.8 Å². The maximum Gasteiger partial charge on any atom is 0.302 e. The quantitative estimate of drug-likeness (QED) is 0.424. The highest BCUT2D eigenvalue weighted by molar-refractivity contribution is 5.65. The van der Waals surface area contributed by atoms with Crippen molar-refractivity contribution in [1.29, 1.82) is 0 Å². The van der Waals surface area contributed by atoms with Crippen molar-refractivity contribution in [2.75, 3.05) is 44.9 Å². The van der Waals surface area contributed by atoms with Gasteiger partial charge in [0.1, 0.15) is 23.9 Å². The monoisotopic (exact) mass is 449 g/mol. The van der Waals surface area contributed by atoms with Gasteiger partial charge in [-0.2, -0.15) is 4.98 Å². The molecule has 2 aromatic rings. The Labute approximate surface area is 186 Å². The Balaban J connectivity index is 1.70. The Morgan fingerprint density at radius 2 is 1.78 bits per heavy atom. The van der Waals surface area contributed by atoms with Gasteiger partial charge in [0.05, 0.1) is 13.2 Å². The fourth-order valence-electron chi connectivity index (χ4n) is 3.78. The first kappa shape index (κ1) is 23.8. The van der Waals surface area contributed by atoms with E-state index in [-0.39, 0.29) is 23.0 Å². The van der Waals surface area contributed by atoms with Crippen molar-refractivity contribution in [1.82, 2.24) is 9.97 Å². The Hall–Kier alpha value is -2.81. The molecule has 0 unspecified atom stereocenters.